The van der Waals surface area contributed by atoms with Crippen molar-refractivity contribution in [1.29, 1.82) is 0 Å². The van der Waals surface area contributed by atoms with Crippen LogP contribution in [0.1, 0.15) is 72.6 Å². The van der Waals surface area contributed by atoms with Gasteiger partial charge in [0.2, 0.25) is 0 Å². The molecule has 1 fully saturated rings. The molecule has 1 saturated heterocycles. The fourth-order valence-electron chi connectivity index (χ4n) is 7.89. The minimum absolute atomic E-state index is 0.127. The summed E-state index contributed by atoms with van der Waals surface area (Å²) in [5.74, 6) is 3.98. The summed E-state index contributed by atoms with van der Waals surface area (Å²) in [7, 11) is -2.17. The molecular weight excluding hydrogens is 615 g/mol. The Morgan fingerprint density at radius 2 is 1.76 bits per heavy atom. The van der Waals surface area contributed by atoms with E-state index in [1.165, 1.54) is 17.8 Å². The van der Waals surface area contributed by atoms with Crippen molar-refractivity contribution in [2.24, 2.45) is 0 Å². The first kappa shape index (κ1) is 32.9. The second kappa shape index (κ2) is 13.2. The van der Waals surface area contributed by atoms with Gasteiger partial charge in [0.25, 0.3) is 0 Å². The molecule has 9 heteroatoms. The number of hydrogen-bond acceptors (Lipinski definition) is 6. The van der Waals surface area contributed by atoms with Crippen LogP contribution in [0.25, 0.3) is 32.9 Å². The summed E-state index contributed by atoms with van der Waals surface area (Å²) in [4.78, 5) is 17.1. The zero-order chi connectivity index (χ0) is 32.7. The van der Waals surface area contributed by atoms with Crippen molar-refractivity contribution in [1.82, 2.24) is 15.0 Å². The molecule has 5 nitrogen and oxygen atoms in total. The smallest absolute Gasteiger partial charge is 0.190 e. The molecule has 2 aromatic carbocycles. The van der Waals surface area contributed by atoms with Crippen molar-refractivity contribution in [3.63, 3.8) is 0 Å². The third-order valence-electron chi connectivity index (χ3n) is 10.0. The van der Waals surface area contributed by atoms with Crippen LogP contribution >= 0.6 is 11.8 Å². The summed E-state index contributed by atoms with van der Waals surface area (Å²) in [5.41, 5.74) is 6.98. The number of pyridine rings is 1. The number of fused-ring (bicyclic) bond motifs is 3. The van der Waals surface area contributed by atoms with E-state index in [1.54, 1.807) is 6.07 Å². The average molecular weight is 659 g/mol. The fraction of sp³-hybridized carbons (Fsp3) is 0.486. The molecule has 0 bridgehead atoms. The van der Waals surface area contributed by atoms with E-state index < -0.39 is 19.7 Å². The molecule has 6 rings (SSSR count). The number of thioether (sulfide) groups is 1. The van der Waals surface area contributed by atoms with Gasteiger partial charge in [0.15, 0.2) is 11.0 Å². The van der Waals surface area contributed by atoms with Gasteiger partial charge in [0.1, 0.15) is 30.9 Å². The molecule has 0 saturated carbocycles. The van der Waals surface area contributed by atoms with Gasteiger partial charge in [-0.3, -0.25) is 0 Å². The predicted octanol–water partition coefficient (Wildman–Crippen LogP) is 9.35. The minimum Gasteiger partial charge on any atom is -0.379 e. The van der Waals surface area contributed by atoms with E-state index in [4.69, 9.17) is 19.7 Å². The second-order valence-electron chi connectivity index (χ2n) is 13.5. The molecule has 2 aliphatic heterocycles. The highest BCUT2D eigenvalue weighted by Crippen LogP contribution is 2.43. The second-order valence-corrected chi connectivity index (χ2v) is 20.3. The Balaban J connectivity index is 1.63. The Labute approximate surface area is 277 Å². The largest absolute Gasteiger partial charge is 0.379 e. The maximum atomic E-state index is 17.1. The van der Waals surface area contributed by atoms with Crippen LogP contribution < -0.4 is 4.90 Å². The van der Waals surface area contributed by atoms with E-state index in [-0.39, 0.29) is 17.3 Å². The van der Waals surface area contributed by atoms with Crippen molar-refractivity contribution < 1.29 is 13.5 Å². The molecule has 242 valence electrons. The number of rotatable bonds is 6. The number of hydrogen-bond donors (Lipinski definition) is 0. The van der Waals surface area contributed by atoms with Gasteiger partial charge >= 0.3 is 0 Å². The first-order valence-electron chi connectivity index (χ1n) is 16.7. The van der Waals surface area contributed by atoms with E-state index in [9.17, 15) is 0 Å². The first-order valence-corrected chi connectivity index (χ1v) is 19.9. The van der Waals surface area contributed by atoms with Crippen LogP contribution in [-0.4, -0.2) is 54.6 Å². The Kier molecular flexibility index (Phi) is 9.44. The van der Waals surface area contributed by atoms with Crippen LogP contribution in [0.4, 0.5) is 14.6 Å². The van der Waals surface area contributed by atoms with Crippen molar-refractivity contribution in [2.45, 2.75) is 95.6 Å². The molecule has 0 radical (unpaired) electrons. The van der Waals surface area contributed by atoms with Crippen molar-refractivity contribution in [3.05, 3.63) is 53.2 Å². The van der Waals surface area contributed by atoms with E-state index in [1.807, 2.05) is 25.1 Å². The van der Waals surface area contributed by atoms with Crippen LogP contribution in [-0.2, 0) is 11.2 Å². The number of nitrogens with zero attached hydrogens (tertiary/aromatic N) is 4. The molecule has 1 atom stereocenters. The highest BCUT2D eigenvalue weighted by molar-refractivity contribution is 7.99. The monoisotopic (exact) mass is 658 g/mol. The normalized spacial score (nSPS) is 17.0. The minimum atomic E-state index is -2.17. The van der Waals surface area contributed by atoms with Gasteiger partial charge in [-0.25, -0.2) is 23.7 Å². The van der Waals surface area contributed by atoms with Crippen LogP contribution in [0.15, 0.2) is 35.5 Å². The van der Waals surface area contributed by atoms with E-state index in [2.05, 4.69) is 57.9 Å². The molecule has 0 aliphatic carbocycles. The quantitative estimate of drug-likeness (QED) is 0.0891. The van der Waals surface area contributed by atoms with Crippen LogP contribution in [0.3, 0.4) is 0 Å². The lowest BCUT2D eigenvalue weighted by atomic mass is 9.95. The third-order valence-corrected chi connectivity index (χ3v) is 17.1. The Morgan fingerprint density at radius 3 is 2.48 bits per heavy atom. The standard InChI is InChI=1S/C37H44F2N4OSSi/c1-8-45-37-41-35-32-30(16-14-26-21-44-19-10-18-43(26)36(32)42-37)40-34(33(35)39)28-12-9-11-25-13-15-29(38)27(31(25)28)17-20-46(22(2)3,23(4)5)24(6)7/h9,11-13,15,22-24,26H,8,10,14,16,18-19,21H2,1-7H3/t26-/m0/s1. The van der Waals surface area contributed by atoms with Crippen LogP contribution in [0, 0.1) is 23.1 Å². The number of aryl methyl sites for hydroxylation is 1. The molecule has 46 heavy (non-hydrogen) atoms. The molecule has 2 aliphatic rings. The molecule has 0 spiro atoms. The van der Waals surface area contributed by atoms with E-state index in [0.717, 1.165) is 42.0 Å². The molecule has 0 N–H and O–H groups in total. The summed E-state index contributed by atoms with van der Waals surface area (Å²) in [5, 5.41) is 2.63. The predicted molar refractivity (Wildman–Crippen MR) is 189 cm³/mol. The molecule has 0 amide bonds. The van der Waals surface area contributed by atoms with Crippen LogP contribution in [0.2, 0.25) is 16.6 Å². The average Bonchev–Trinajstić information content (AvgIpc) is 3.34. The van der Waals surface area contributed by atoms with Gasteiger partial charge in [-0.15, -0.1) is 5.54 Å². The summed E-state index contributed by atoms with van der Waals surface area (Å²) >= 11 is 1.50. The highest BCUT2D eigenvalue weighted by Gasteiger charge is 2.42. The first-order chi connectivity index (χ1) is 22.1. The SMILES string of the molecule is CCSc1nc2c3c(nc(-c4cccc5ccc(F)c(C#C[Si](C(C)C)(C(C)C)C(C)C)c45)c(F)c3n1)CC[C@H]1COCCCN21. The van der Waals surface area contributed by atoms with Gasteiger partial charge in [-0.05, 0) is 53.1 Å². The summed E-state index contributed by atoms with van der Waals surface area (Å²) in [6, 6.07) is 9.02. The fourth-order valence-corrected chi connectivity index (χ4v) is 13.7. The third kappa shape index (κ3) is 5.60. The maximum Gasteiger partial charge on any atom is 0.190 e. The van der Waals surface area contributed by atoms with E-state index in [0.29, 0.717) is 63.3 Å². The van der Waals surface area contributed by atoms with Crippen molar-refractivity contribution >= 4 is 47.3 Å². The topological polar surface area (TPSA) is 51.1 Å². The Morgan fingerprint density at radius 1 is 1.00 bits per heavy atom. The summed E-state index contributed by atoms with van der Waals surface area (Å²) in [6.07, 6.45) is 2.33. The number of ether oxygens (including phenoxy) is 1. The number of anilines is 1. The Bertz CT molecular complexity index is 1830. The molecule has 4 heterocycles. The van der Waals surface area contributed by atoms with Gasteiger partial charge < -0.3 is 9.64 Å². The van der Waals surface area contributed by atoms with Crippen LogP contribution in [0.5, 0.6) is 0 Å². The van der Waals surface area contributed by atoms with Gasteiger partial charge in [-0.2, -0.15) is 0 Å². The number of benzene rings is 2. The zero-order valence-corrected chi connectivity index (χ0v) is 29.8. The lowest BCUT2D eigenvalue weighted by Crippen LogP contribution is -2.43. The van der Waals surface area contributed by atoms with E-state index >= 15 is 8.78 Å². The summed E-state index contributed by atoms with van der Waals surface area (Å²) in [6.45, 7) is 17.6. The van der Waals surface area contributed by atoms with Crippen molar-refractivity contribution in [3.8, 4) is 22.7 Å². The summed E-state index contributed by atoms with van der Waals surface area (Å²) < 4.78 is 38.9. The molecule has 4 aromatic rings. The Hall–Kier alpha value is -3.06. The van der Waals surface area contributed by atoms with Gasteiger partial charge in [-0.1, -0.05) is 90.4 Å². The number of halogens is 2. The number of aromatic nitrogens is 3. The van der Waals surface area contributed by atoms with Crippen molar-refractivity contribution in [2.75, 3.05) is 30.4 Å². The lowest BCUT2D eigenvalue weighted by Gasteiger charge is -2.38. The van der Waals surface area contributed by atoms with Gasteiger partial charge in [0.05, 0.1) is 29.3 Å². The molecule has 0 unspecified atom stereocenters. The zero-order valence-electron chi connectivity index (χ0n) is 28.0. The molecular formula is C37H44F2N4OSSi. The lowest BCUT2D eigenvalue weighted by molar-refractivity contribution is 0.132. The van der Waals surface area contributed by atoms with Gasteiger partial charge in [0, 0.05) is 24.1 Å². The highest BCUT2D eigenvalue weighted by atomic mass is 32.2. The maximum absolute atomic E-state index is 17.1. The molecule has 2 aromatic heterocycles.